The highest BCUT2D eigenvalue weighted by molar-refractivity contribution is 5.72. The molecule has 2 fully saturated rings. The first-order valence-electron chi connectivity index (χ1n) is 11.5. The standard InChI is InChI=1S/C25H44N2O3/c1-18(2)12-10-13-19(3)14-11-15-24(8)25(9,29)27(21(28)30-24)20-16-22(4,5)26-23(6,7)17-20/h12,14,20,26,29H,10-11,13,15-17H2,1-9H3/p+1/b19-14+/t24-,25+/m1/s1. The van der Waals surface area contributed by atoms with Crippen LogP contribution in [0.1, 0.15) is 101 Å². The summed E-state index contributed by atoms with van der Waals surface area (Å²) in [6, 6.07) is -0.0364. The van der Waals surface area contributed by atoms with Gasteiger partial charge in [-0.15, -0.1) is 0 Å². The predicted octanol–water partition coefficient (Wildman–Crippen LogP) is 4.66. The summed E-state index contributed by atoms with van der Waals surface area (Å²) in [6.07, 6.45) is 9.23. The lowest BCUT2D eigenvalue weighted by atomic mass is 9.77. The molecule has 2 rings (SSSR count). The average molecular weight is 422 g/mol. The van der Waals surface area contributed by atoms with E-state index in [4.69, 9.17) is 4.74 Å². The van der Waals surface area contributed by atoms with Crippen LogP contribution >= 0.6 is 0 Å². The quantitative estimate of drug-likeness (QED) is 0.588. The van der Waals surface area contributed by atoms with Gasteiger partial charge in [0.1, 0.15) is 0 Å². The van der Waals surface area contributed by atoms with Gasteiger partial charge >= 0.3 is 6.09 Å². The Morgan fingerprint density at radius 3 is 2.17 bits per heavy atom. The second-order valence-corrected chi connectivity index (χ2v) is 11.6. The van der Waals surface area contributed by atoms with Crippen LogP contribution in [0.25, 0.3) is 0 Å². The molecule has 0 aromatic heterocycles. The van der Waals surface area contributed by atoms with Gasteiger partial charge in [-0.1, -0.05) is 23.3 Å². The second-order valence-electron chi connectivity index (χ2n) is 11.6. The summed E-state index contributed by atoms with van der Waals surface area (Å²) < 4.78 is 5.85. The molecule has 0 bridgehead atoms. The van der Waals surface area contributed by atoms with Crippen molar-refractivity contribution < 1.29 is 20.0 Å². The van der Waals surface area contributed by atoms with Crippen LogP contribution in [0.5, 0.6) is 0 Å². The maximum absolute atomic E-state index is 12.9. The van der Waals surface area contributed by atoms with Gasteiger partial charge in [-0.25, -0.2) is 4.79 Å². The third kappa shape index (κ3) is 5.67. The number of hydrogen-bond donors (Lipinski definition) is 2. The molecule has 0 aliphatic carbocycles. The third-order valence-corrected chi connectivity index (χ3v) is 6.86. The molecule has 1 amide bonds. The maximum atomic E-state index is 12.9. The number of piperidine rings is 1. The van der Waals surface area contributed by atoms with Gasteiger partial charge in [-0.05, 0) is 88.0 Å². The molecule has 2 heterocycles. The Labute approximate surface area is 183 Å². The monoisotopic (exact) mass is 421 g/mol. The van der Waals surface area contributed by atoms with Crippen molar-refractivity contribution in [1.82, 2.24) is 4.90 Å². The molecule has 0 aromatic carbocycles. The van der Waals surface area contributed by atoms with Gasteiger partial charge in [0.2, 0.25) is 0 Å². The van der Waals surface area contributed by atoms with Crippen LogP contribution in [0.3, 0.4) is 0 Å². The Bertz CT molecular complexity index is 685. The Balaban J connectivity index is 2.10. The molecular weight excluding hydrogens is 376 g/mol. The summed E-state index contributed by atoms with van der Waals surface area (Å²) in [6.45, 7) is 18.8. The molecule has 0 radical (unpaired) electrons. The van der Waals surface area contributed by atoms with E-state index in [0.717, 1.165) is 32.1 Å². The fourth-order valence-electron chi connectivity index (χ4n) is 5.49. The molecule has 2 atom stereocenters. The normalized spacial score (nSPS) is 31.6. The van der Waals surface area contributed by atoms with Crippen molar-refractivity contribution in [2.24, 2.45) is 0 Å². The lowest BCUT2D eigenvalue weighted by Gasteiger charge is -2.48. The summed E-state index contributed by atoms with van der Waals surface area (Å²) >= 11 is 0. The zero-order chi connectivity index (χ0) is 23.0. The first-order valence-corrected chi connectivity index (χ1v) is 11.5. The second kappa shape index (κ2) is 8.66. The van der Waals surface area contributed by atoms with Gasteiger partial charge in [-0.3, -0.25) is 4.90 Å². The van der Waals surface area contributed by atoms with E-state index in [1.165, 1.54) is 11.1 Å². The molecule has 3 N–H and O–H groups in total. The number of cyclic esters (lactones) is 1. The first-order chi connectivity index (χ1) is 13.6. The number of rotatable bonds is 7. The van der Waals surface area contributed by atoms with Crippen LogP contribution in [0.4, 0.5) is 4.79 Å². The number of nitrogens with two attached hydrogens (primary N) is 1. The van der Waals surface area contributed by atoms with Crippen molar-refractivity contribution in [3.63, 3.8) is 0 Å². The SMILES string of the molecule is CC(C)=CCC/C(C)=C/CC[C@@]1(C)OC(=O)N(C2CC(C)(C)[NH2+]C(C)(C)C2)[C@@]1(C)O. The zero-order valence-corrected chi connectivity index (χ0v) is 20.8. The minimum atomic E-state index is -1.33. The van der Waals surface area contributed by atoms with Crippen LogP contribution in [-0.2, 0) is 4.74 Å². The third-order valence-electron chi connectivity index (χ3n) is 6.86. The van der Waals surface area contributed by atoms with Gasteiger partial charge in [0, 0.05) is 18.9 Å². The summed E-state index contributed by atoms with van der Waals surface area (Å²) in [5.74, 6) is 0. The van der Waals surface area contributed by atoms with E-state index in [1.807, 2.05) is 6.92 Å². The van der Waals surface area contributed by atoms with Crippen molar-refractivity contribution in [3.8, 4) is 0 Å². The van der Waals surface area contributed by atoms with E-state index < -0.39 is 11.3 Å². The molecule has 0 aromatic rings. The number of allylic oxidation sites excluding steroid dienone is 4. The van der Waals surface area contributed by atoms with E-state index in [2.05, 4.69) is 65.9 Å². The fourth-order valence-corrected chi connectivity index (χ4v) is 5.49. The minimum Gasteiger partial charge on any atom is -0.438 e. The Hall–Kier alpha value is -1.33. The largest absolute Gasteiger partial charge is 0.438 e. The minimum absolute atomic E-state index is 0.00685. The van der Waals surface area contributed by atoms with Gasteiger partial charge < -0.3 is 15.2 Å². The summed E-state index contributed by atoms with van der Waals surface area (Å²) in [5.41, 5.74) is 0.442. The number of quaternary nitrogens is 1. The van der Waals surface area contributed by atoms with Crippen LogP contribution in [-0.4, -0.2) is 44.5 Å². The van der Waals surface area contributed by atoms with Crippen molar-refractivity contribution in [1.29, 1.82) is 0 Å². The maximum Gasteiger partial charge on any atom is 0.413 e. The lowest BCUT2D eigenvalue weighted by Crippen LogP contribution is -3.06. The fraction of sp³-hybridized carbons (Fsp3) is 0.800. The highest BCUT2D eigenvalue weighted by atomic mass is 16.6. The Morgan fingerprint density at radius 2 is 1.63 bits per heavy atom. The molecule has 2 saturated heterocycles. The molecule has 5 nitrogen and oxygen atoms in total. The van der Waals surface area contributed by atoms with Crippen molar-refractivity contribution in [3.05, 3.63) is 23.3 Å². The van der Waals surface area contributed by atoms with Crippen molar-refractivity contribution in [2.45, 2.75) is 129 Å². The Morgan fingerprint density at radius 1 is 1.07 bits per heavy atom. The van der Waals surface area contributed by atoms with Crippen LogP contribution in [0.15, 0.2) is 23.3 Å². The van der Waals surface area contributed by atoms with Crippen molar-refractivity contribution in [2.75, 3.05) is 0 Å². The van der Waals surface area contributed by atoms with E-state index >= 15 is 0 Å². The van der Waals surface area contributed by atoms with Gasteiger partial charge in [0.25, 0.3) is 0 Å². The van der Waals surface area contributed by atoms with Gasteiger partial charge in [0.15, 0.2) is 11.3 Å². The molecule has 0 spiro atoms. The highest BCUT2D eigenvalue weighted by Gasteiger charge is 2.62. The number of hydrogen-bond acceptors (Lipinski definition) is 3. The zero-order valence-electron chi connectivity index (χ0n) is 20.8. The molecule has 0 unspecified atom stereocenters. The van der Waals surface area contributed by atoms with Crippen LogP contribution in [0.2, 0.25) is 0 Å². The predicted molar refractivity (Wildman–Crippen MR) is 122 cm³/mol. The van der Waals surface area contributed by atoms with Crippen LogP contribution < -0.4 is 5.32 Å². The van der Waals surface area contributed by atoms with Crippen molar-refractivity contribution >= 4 is 6.09 Å². The molecule has 2 aliphatic rings. The summed E-state index contributed by atoms with van der Waals surface area (Å²) in [7, 11) is 0. The molecular formula is C25H45N2O3+. The summed E-state index contributed by atoms with van der Waals surface area (Å²) in [4.78, 5) is 14.6. The first kappa shape index (κ1) is 24.9. The van der Waals surface area contributed by atoms with E-state index in [9.17, 15) is 9.90 Å². The van der Waals surface area contributed by atoms with Crippen LogP contribution in [0, 0.1) is 0 Å². The van der Waals surface area contributed by atoms with Gasteiger partial charge in [0.05, 0.1) is 11.1 Å². The smallest absolute Gasteiger partial charge is 0.413 e. The number of carbonyl (C=O) groups is 1. The lowest BCUT2D eigenvalue weighted by molar-refractivity contribution is -0.788. The molecule has 5 heteroatoms. The number of carbonyl (C=O) groups excluding carboxylic acids is 1. The highest BCUT2D eigenvalue weighted by Crippen LogP contribution is 2.44. The van der Waals surface area contributed by atoms with E-state index in [0.29, 0.717) is 6.42 Å². The average Bonchev–Trinajstić information content (AvgIpc) is 2.68. The van der Waals surface area contributed by atoms with E-state index in [-0.39, 0.29) is 23.2 Å². The summed E-state index contributed by atoms with van der Waals surface area (Å²) in [5, 5.41) is 13.9. The molecule has 2 aliphatic heterocycles. The Kier molecular flexibility index (Phi) is 7.20. The number of amides is 1. The number of aliphatic hydroxyl groups is 1. The van der Waals surface area contributed by atoms with E-state index in [1.54, 1.807) is 11.8 Å². The molecule has 0 saturated carbocycles. The molecule has 172 valence electrons. The molecule has 30 heavy (non-hydrogen) atoms. The number of ether oxygens (including phenoxy) is 1. The number of nitrogens with zero attached hydrogens (tertiary/aromatic N) is 1. The van der Waals surface area contributed by atoms with Gasteiger partial charge in [-0.2, -0.15) is 0 Å². The topological polar surface area (TPSA) is 66.4 Å².